The summed E-state index contributed by atoms with van der Waals surface area (Å²) in [6, 6.07) is 4.35. The largest absolute Gasteiger partial charge is 0.478 e. The lowest BCUT2D eigenvalue weighted by atomic mass is 9.94. The van der Waals surface area contributed by atoms with Crippen LogP contribution in [0.25, 0.3) is 0 Å². The fraction of sp³-hybridized carbons (Fsp3) is 0.429. The first-order valence-electron chi connectivity index (χ1n) is 6.55. The van der Waals surface area contributed by atoms with Gasteiger partial charge in [0.15, 0.2) is 0 Å². The standard InChI is InChI=1S/C14H17ClN2O3/c1-8-5-6-16-11(7-8)13(18)17-10-4-2-3-9(15)12(10)14(19)20/h2-4,8,11,16H,5-7H2,1H3,(H,17,18)(H,19,20). The molecule has 6 heteroatoms. The first kappa shape index (κ1) is 14.8. The molecule has 1 aliphatic heterocycles. The molecule has 0 radical (unpaired) electrons. The molecule has 0 aromatic heterocycles. The number of halogens is 1. The van der Waals surface area contributed by atoms with Crippen LogP contribution >= 0.6 is 11.6 Å². The van der Waals surface area contributed by atoms with E-state index in [1.54, 1.807) is 12.1 Å². The summed E-state index contributed by atoms with van der Waals surface area (Å²) in [5, 5.41) is 15.1. The number of benzene rings is 1. The number of hydrogen-bond acceptors (Lipinski definition) is 3. The number of carboxylic acids is 1. The second-order valence-electron chi connectivity index (χ2n) is 5.09. The molecule has 0 bridgehead atoms. The Hall–Kier alpha value is -1.59. The van der Waals surface area contributed by atoms with E-state index >= 15 is 0 Å². The van der Waals surface area contributed by atoms with E-state index in [2.05, 4.69) is 17.6 Å². The fourth-order valence-corrected chi connectivity index (χ4v) is 2.63. The molecule has 20 heavy (non-hydrogen) atoms. The van der Waals surface area contributed by atoms with E-state index in [9.17, 15) is 9.59 Å². The van der Waals surface area contributed by atoms with E-state index < -0.39 is 5.97 Å². The Bertz CT molecular complexity index is 533. The molecule has 2 rings (SSSR count). The third kappa shape index (κ3) is 3.29. The highest BCUT2D eigenvalue weighted by Crippen LogP contribution is 2.25. The van der Waals surface area contributed by atoms with Gasteiger partial charge in [-0.05, 0) is 37.4 Å². The van der Waals surface area contributed by atoms with Crippen LogP contribution in [0.4, 0.5) is 5.69 Å². The second-order valence-corrected chi connectivity index (χ2v) is 5.50. The Morgan fingerprint density at radius 2 is 2.20 bits per heavy atom. The number of amides is 1. The molecular weight excluding hydrogens is 280 g/mol. The molecule has 5 nitrogen and oxygen atoms in total. The first-order valence-corrected chi connectivity index (χ1v) is 6.93. The van der Waals surface area contributed by atoms with Crippen molar-refractivity contribution in [2.75, 3.05) is 11.9 Å². The number of carbonyl (C=O) groups is 2. The maximum Gasteiger partial charge on any atom is 0.339 e. The molecule has 2 atom stereocenters. The van der Waals surface area contributed by atoms with Crippen LogP contribution in [0, 0.1) is 5.92 Å². The molecule has 0 saturated carbocycles. The summed E-state index contributed by atoms with van der Waals surface area (Å²) >= 11 is 5.87. The Kier molecular flexibility index (Phi) is 4.62. The first-order chi connectivity index (χ1) is 9.49. The van der Waals surface area contributed by atoms with Crippen molar-refractivity contribution in [2.24, 2.45) is 5.92 Å². The average molecular weight is 297 g/mol. The molecule has 3 N–H and O–H groups in total. The summed E-state index contributed by atoms with van der Waals surface area (Å²) in [5.41, 5.74) is 0.154. The van der Waals surface area contributed by atoms with Crippen LogP contribution in [0.1, 0.15) is 30.1 Å². The van der Waals surface area contributed by atoms with Crippen LogP contribution in [-0.4, -0.2) is 29.6 Å². The Labute approximate surface area is 122 Å². The van der Waals surface area contributed by atoms with Gasteiger partial charge in [-0.3, -0.25) is 4.79 Å². The Balaban J connectivity index is 2.15. The van der Waals surface area contributed by atoms with Crippen molar-refractivity contribution in [3.63, 3.8) is 0 Å². The van der Waals surface area contributed by atoms with Crippen LogP contribution in [0.15, 0.2) is 18.2 Å². The number of carbonyl (C=O) groups excluding carboxylic acids is 1. The summed E-state index contributed by atoms with van der Waals surface area (Å²) in [5.74, 6) is -0.900. The summed E-state index contributed by atoms with van der Waals surface area (Å²) in [7, 11) is 0. The predicted molar refractivity (Wildman–Crippen MR) is 77.2 cm³/mol. The minimum atomic E-state index is -1.16. The molecule has 108 valence electrons. The van der Waals surface area contributed by atoms with Gasteiger partial charge in [0, 0.05) is 0 Å². The lowest BCUT2D eigenvalue weighted by Gasteiger charge is -2.27. The van der Waals surface area contributed by atoms with Crippen molar-refractivity contribution in [3.8, 4) is 0 Å². The molecule has 1 fully saturated rings. The average Bonchev–Trinajstić information content (AvgIpc) is 2.38. The van der Waals surface area contributed by atoms with E-state index in [1.807, 2.05) is 0 Å². The highest BCUT2D eigenvalue weighted by molar-refractivity contribution is 6.34. The van der Waals surface area contributed by atoms with E-state index in [4.69, 9.17) is 16.7 Å². The number of aromatic carboxylic acids is 1. The molecule has 1 aromatic rings. The van der Waals surface area contributed by atoms with Gasteiger partial charge in [0.2, 0.25) is 5.91 Å². The summed E-state index contributed by atoms with van der Waals surface area (Å²) in [6.07, 6.45) is 1.79. The van der Waals surface area contributed by atoms with Crippen molar-refractivity contribution in [1.82, 2.24) is 5.32 Å². The zero-order valence-electron chi connectivity index (χ0n) is 11.1. The van der Waals surface area contributed by atoms with E-state index in [0.29, 0.717) is 5.92 Å². The number of hydrogen-bond donors (Lipinski definition) is 3. The maximum absolute atomic E-state index is 12.2. The molecular formula is C14H17ClN2O3. The van der Waals surface area contributed by atoms with Gasteiger partial charge >= 0.3 is 5.97 Å². The van der Waals surface area contributed by atoms with Crippen molar-refractivity contribution < 1.29 is 14.7 Å². The van der Waals surface area contributed by atoms with Gasteiger partial charge in [-0.15, -0.1) is 0 Å². The van der Waals surface area contributed by atoms with Crippen molar-refractivity contribution in [3.05, 3.63) is 28.8 Å². The monoisotopic (exact) mass is 296 g/mol. The summed E-state index contributed by atoms with van der Waals surface area (Å²) in [4.78, 5) is 23.4. The smallest absolute Gasteiger partial charge is 0.339 e. The maximum atomic E-state index is 12.2. The second kappa shape index (κ2) is 6.24. The lowest BCUT2D eigenvalue weighted by Crippen LogP contribution is -2.45. The predicted octanol–water partition coefficient (Wildman–Crippen LogP) is 2.36. The molecule has 2 unspecified atom stereocenters. The van der Waals surface area contributed by atoms with Crippen LogP contribution in [-0.2, 0) is 4.79 Å². The van der Waals surface area contributed by atoms with E-state index in [0.717, 1.165) is 19.4 Å². The normalized spacial score (nSPS) is 22.3. The van der Waals surface area contributed by atoms with Crippen LogP contribution in [0.3, 0.4) is 0 Å². The number of carboxylic acid groups (broad SMARTS) is 1. The molecule has 1 saturated heterocycles. The number of rotatable bonds is 3. The Morgan fingerprint density at radius 3 is 2.85 bits per heavy atom. The van der Waals surface area contributed by atoms with Crippen LogP contribution in [0.2, 0.25) is 5.02 Å². The minimum absolute atomic E-state index is 0.0774. The number of anilines is 1. The fourth-order valence-electron chi connectivity index (χ4n) is 2.37. The van der Waals surface area contributed by atoms with Gasteiger partial charge in [0.25, 0.3) is 0 Å². The van der Waals surface area contributed by atoms with Crippen LogP contribution < -0.4 is 10.6 Å². The van der Waals surface area contributed by atoms with E-state index in [-0.39, 0.29) is 28.2 Å². The van der Waals surface area contributed by atoms with Gasteiger partial charge in [-0.2, -0.15) is 0 Å². The van der Waals surface area contributed by atoms with Gasteiger partial charge in [-0.1, -0.05) is 24.6 Å². The Morgan fingerprint density at radius 1 is 1.45 bits per heavy atom. The topological polar surface area (TPSA) is 78.4 Å². The molecule has 0 spiro atoms. The van der Waals surface area contributed by atoms with Crippen molar-refractivity contribution in [1.29, 1.82) is 0 Å². The third-order valence-electron chi connectivity index (χ3n) is 3.47. The van der Waals surface area contributed by atoms with Crippen LogP contribution in [0.5, 0.6) is 0 Å². The van der Waals surface area contributed by atoms with E-state index in [1.165, 1.54) is 6.07 Å². The summed E-state index contributed by atoms with van der Waals surface area (Å²) in [6.45, 7) is 2.89. The third-order valence-corrected chi connectivity index (χ3v) is 3.78. The highest BCUT2D eigenvalue weighted by atomic mass is 35.5. The van der Waals surface area contributed by atoms with Crippen molar-refractivity contribution in [2.45, 2.75) is 25.8 Å². The number of nitrogens with one attached hydrogen (secondary N) is 2. The lowest BCUT2D eigenvalue weighted by molar-refractivity contribution is -0.119. The molecule has 1 aliphatic rings. The van der Waals surface area contributed by atoms with Crippen molar-refractivity contribution >= 4 is 29.2 Å². The zero-order chi connectivity index (χ0) is 14.7. The zero-order valence-corrected chi connectivity index (χ0v) is 11.9. The number of piperidine rings is 1. The SMILES string of the molecule is CC1CCNC(C(=O)Nc2cccc(Cl)c2C(=O)O)C1. The van der Waals surface area contributed by atoms with Gasteiger partial charge in [0.1, 0.15) is 5.56 Å². The minimum Gasteiger partial charge on any atom is -0.478 e. The molecule has 1 heterocycles. The quantitative estimate of drug-likeness (QED) is 0.800. The van der Waals surface area contributed by atoms with Gasteiger partial charge < -0.3 is 15.7 Å². The highest BCUT2D eigenvalue weighted by Gasteiger charge is 2.26. The summed E-state index contributed by atoms with van der Waals surface area (Å²) < 4.78 is 0. The molecule has 1 aromatic carbocycles. The van der Waals surface area contributed by atoms with Gasteiger partial charge in [0.05, 0.1) is 16.8 Å². The van der Waals surface area contributed by atoms with Gasteiger partial charge in [-0.25, -0.2) is 4.79 Å². The molecule has 0 aliphatic carbocycles. The molecule has 1 amide bonds.